The van der Waals surface area contributed by atoms with Crippen molar-refractivity contribution in [3.05, 3.63) is 53.9 Å². The molecule has 0 saturated carbocycles. The maximum Gasteiger partial charge on any atom is 0.149 e. The lowest BCUT2D eigenvalue weighted by Crippen LogP contribution is -2.40. The van der Waals surface area contributed by atoms with Gasteiger partial charge >= 0.3 is 0 Å². The molecule has 136 valence electrons. The number of hydrogen-bond donors (Lipinski definition) is 1. The van der Waals surface area contributed by atoms with Gasteiger partial charge in [0.15, 0.2) is 0 Å². The van der Waals surface area contributed by atoms with Gasteiger partial charge in [-0.2, -0.15) is 0 Å². The van der Waals surface area contributed by atoms with Gasteiger partial charge in [-0.3, -0.25) is 5.32 Å². The zero-order chi connectivity index (χ0) is 18.5. The van der Waals surface area contributed by atoms with E-state index in [-0.39, 0.29) is 6.17 Å². The molecule has 0 bridgehead atoms. The summed E-state index contributed by atoms with van der Waals surface area (Å²) in [4.78, 5) is 2.20. The highest BCUT2D eigenvalue weighted by atomic mass is 16.3. The van der Waals surface area contributed by atoms with E-state index < -0.39 is 0 Å². The number of benzene rings is 2. The number of nitrogens with one attached hydrogen (secondary N) is 1. The summed E-state index contributed by atoms with van der Waals surface area (Å²) >= 11 is 0. The van der Waals surface area contributed by atoms with Crippen LogP contribution in [0.15, 0.2) is 47.0 Å². The fourth-order valence-electron chi connectivity index (χ4n) is 4.18. The lowest BCUT2D eigenvalue weighted by molar-refractivity contribution is 0.200. The molecule has 2 aromatic carbocycles. The molecule has 26 heavy (non-hydrogen) atoms. The van der Waals surface area contributed by atoms with Gasteiger partial charge in [-0.05, 0) is 41.7 Å². The Morgan fingerprint density at radius 1 is 1.15 bits per heavy atom. The number of fused-ring (bicyclic) bond motifs is 5. The van der Waals surface area contributed by atoms with Crippen LogP contribution in [0.1, 0.15) is 51.6 Å². The van der Waals surface area contributed by atoms with E-state index in [1.807, 2.05) is 0 Å². The minimum absolute atomic E-state index is 0.0542. The van der Waals surface area contributed by atoms with Crippen molar-refractivity contribution in [1.82, 2.24) is 10.2 Å². The summed E-state index contributed by atoms with van der Waals surface area (Å²) in [6.07, 6.45) is 5.50. The highest BCUT2D eigenvalue weighted by Gasteiger charge is 2.29. The average molecular weight is 348 g/mol. The Hall–Kier alpha value is -2.26. The number of hydrogen-bond acceptors (Lipinski definition) is 3. The highest BCUT2D eigenvalue weighted by molar-refractivity contribution is 6.10. The SMILES string of the molecule is C[C@H](CC(C)(C)C)NC1c2oc3ccc4ccccc4c3c2C=CN1C. The molecule has 0 radical (unpaired) electrons. The number of nitrogens with zero attached hydrogens (tertiary/aromatic N) is 1. The van der Waals surface area contributed by atoms with E-state index in [9.17, 15) is 0 Å². The summed E-state index contributed by atoms with van der Waals surface area (Å²) in [5, 5.41) is 7.50. The van der Waals surface area contributed by atoms with Crippen LogP contribution in [0.2, 0.25) is 0 Å². The first-order valence-electron chi connectivity index (χ1n) is 9.44. The first kappa shape index (κ1) is 17.2. The average Bonchev–Trinajstić information content (AvgIpc) is 2.95. The quantitative estimate of drug-likeness (QED) is 0.637. The molecular weight excluding hydrogens is 320 g/mol. The van der Waals surface area contributed by atoms with Crippen LogP contribution >= 0.6 is 0 Å². The van der Waals surface area contributed by atoms with Crippen LogP contribution < -0.4 is 5.32 Å². The first-order chi connectivity index (χ1) is 12.3. The second kappa shape index (κ2) is 6.17. The highest BCUT2D eigenvalue weighted by Crippen LogP contribution is 2.39. The normalized spacial score (nSPS) is 18.5. The molecule has 0 fully saturated rings. The Balaban J connectivity index is 1.79. The van der Waals surface area contributed by atoms with Crippen LogP contribution in [0.4, 0.5) is 0 Å². The second-order valence-corrected chi connectivity index (χ2v) is 8.76. The Morgan fingerprint density at radius 2 is 1.92 bits per heavy atom. The fourth-order valence-corrected chi connectivity index (χ4v) is 4.18. The van der Waals surface area contributed by atoms with Crippen molar-refractivity contribution < 1.29 is 4.42 Å². The van der Waals surface area contributed by atoms with Crippen molar-refractivity contribution in [3.63, 3.8) is 0 Å². The molecule has 1 unspecified atom stereocenters. The molecular formula is C23H28N2O. The van der Waals surface area contributed by atoms with E-state index >= 15 is 0 Å². The first-order valence-corrected chi connectivity index (χ1v) is 9.44. The van der Waals surface area contributed by atoms with Crippen molar-refractivity contribution in [1.29, 1.82) is 0 Å². The topological polar surface area (TPSA) is 28.4 Å². The monoisotopic (exact) mass is 348 g/mol. The summed E-state index contributed by atoms with van der Waals surface area (Å²) in [6.45, 7) is 9.12. The molecule has 1 aromatic heterocycles. The molecule has 2 heterocycles. The van der Waals surface area contributed by atoms with Crippen molar-refractivity contribution in [3.8, 4) is 0 Å². The van der Waals surface area contributed by atoms with Gasteiger partial charge in [0.1, 0.15) is 17.5 Å². The summed E-state index contributed by atoms with van der Waals surface area (Å²) in [7, 11) is 2.10. The third-order valence-electron chi connectivity index (χ3n) is 5.14. The van der Waals surface area contributed by atoms with E-state index in [2.05, 4.69) is 93.6 Å². The maximum absolute atomic E-state index is 6.36. The maximum atomic E-state index is 6.36. The van der Waals surface area contributed by atoms with Crippen LogP contribution in [-0.2, 0) is 0 Å². The zero-order valence-corrected chi connectivity index (χ0v) is 16.3. The Labute approximate surface area is 155 Å². The number of furan rings is 1. The van der Waals surface area contributed by atoms with Gasteiger partial charge in [0, 0.05) is 30.2 Å². The molecule has 3 nitrogen and oxygen atoms in total. The molecule has 4 rings (SSSR count). The zero-order valence-electron chi connectivity index (χ0n) is 16.3. The molecule has 0 aliphatic carbocycles. The van der Waals surface area contributed by atoms with Crippen molar-refractivity contribution in [2.24, 2.45) is 5.41 Å². The Kier molecular flexibility index (Phi) is 4.07. The molecule has 1 aliphatic rings. The molecule has 0 spiro atoms. The molecule has 1 aliphatic heterocycles. The second-order valence-electron chi connectivity index (χ2n) is 8.76. The summed E-state index contributed by atoms with van der Waals surface area (Å²) in [5.41, 5.74) is 2.46. The van der Waals surface area contributed by atoms with Crippen molar-refractivity contribution in [2.45, 2.75) is 46.3 Å². The van der Waals surface area contributed by atoms with Gasteiger partial charge in [-0.15, -0.1) is 0 Å². The lowest BCUT2D eigenvalue weighted by Gasteiger charge is -2.34. The van der Waals surface area contributed by atoms with Gasteiger partial charge in [0.2, 0.25) is 0 Å². The van der Waals surface area contributed by atoms with Gasteiger partial charge in [0.25, 0.3) is 0 Å². The summed E-state index contributed by atoms with van der Waals surface area (Å²) in [5.74, 6) is 1.02. The third-order valence-corrected chi connectivity index (χ3v) is 5.14. The minimum atomic E-state index is 0.0542. The van der Waals surface area contributed by atoms with E-state index in [0.717, 1.165) is 17.8 Å². The molecule has 3 aromatic rings. The van der Waals surface area contributed by atoms with E-state index in [1.165, 1.54) is 21.7 Å². The van der Waals surface area contributed by atoms with Gasteiger partial charge < -0.3 is 9.32 Å². The van der Waals surface area contributed by atoms with Crippen LogP contribution in [-0.4, -0.2) is 18.0 Å². The minimum Gasteiger partial charge on any atom is -0.457 e. The van der Waals surface area contributed by atoms with Crippen LogP contribution in [0.5, 0.6) is 0 Å². The number of rotatable bonds is 3. The molecule has 3 heteroatoms. The molecule has 0 saturated heterocycles. The van der Waals surface area contributed by atoms with E-state index in [4.69, 9.17) is 4.42 Å². The molecule has 1 N–H and O–H groups in total. The summed E-state index contributed by atoms with van der Waals surface area (Å²) in [6, 6.07) is 13.2. The Morgan fingerprint density at radius 3 is 2.69 bits per heavy atom. The van der Waals surface area contributed by atoms with Gasteiger partial charge in [-0.25, -0.2) is 0 Å². The lowest BCUT2D eigenvalue weighted by atomic mass is 9.88. The third kappa shape index (κ3) is 3.01. The predicted molar refractivity (Wildman–Crippen MR) is 110 cm³/mol. The summed E-state index contributed by atoms with van der Waals surface area (Å²) < 4.78 is 6.36. The molecule has 0 amide bonds. The van der Waals surface area contributed by atoms with Gasteiger partial charge in [-0.1, -0.05) is 51.1 Å². The smallest absolute Gasteiger partial charge is 0.149 e. The molecule has 2 atom stereocenters. The van der Waals surface area contributed by atoms with E-state index in [1.54, 1.807) is 0 Å². The van der Waals surface area contributed by atoms with Crippen molar-refractivity contribution >= 4 is 27.8 Å². The largest absolute Gasteiger partial charge is 0.457 e. The van der Waals surface area contributed by atoms with Gasteiger partial charge in [0.05, 0.1) is 0 Å². The predicted octanol–water partition coefficient (Wildman–Crippen LogP) is 5.92. The van der Waals surface area contributed by atoms with Crippen LogP contribution in [0.25, 0.3) is 27.8 Å². The Bertz CT molecular complexity index is 977. The van der Waals surface area contributed by atoms with Crippen molar-refractivity contribution in [2.75, 3.05) is 7.05 Å². The van der Waals surface area contributed by atoms with Crippen LogP contribution in [0.3, 0.4) is 0 Å². The standard InChI is InChI=1S/C23H28N2O/c1-15(14-23(2,3)4)24-22-21-18(12-13-25(22)5)20-17-9-7-6-8-16(17)10-11-19(20)26-21/h6-13,15,22,24H,14H2,1-5H3/t15-,22?/m1/s1. The van der Waals surface area contributed by atoms with Crippen LogP contribution in [0, 0.1) is 5.41 Å². The fraction of sp³-hybridized carbons (Fsp3) is 0.391. The van der Waals surface area contributed by atoms with E-state index in [0.29, 0.717) is 11.5 Å².